The summed E-state index contributed by atoms with van der Waals surface area (Å²) in [6.45, 7) is -0.132. The van der Waals surface area contributed by atoms with Crippen molar-refractivity contribution in [2.24, 2.45) is 5.73 Å². The van der Waals surface area contributed by atoms with Gasteiger partial charge in [-0.05, 0) is 12.8 Å². The second kappa shape index (κ2) is 3.49. The fourth-order valence-corrected chi connectivity index (χ4v) is 1.50. The van der Waals surface area contributed by atoms with E-state index in [9.17, 15) is 18.4 Å². The summed E-state index contributed by atoms with van der Waals surface area (Å²) in [5.74, 6) is -3.17. The smallest absolute Gasteiger partial charge is 0.384 e. The number of hydrogen-bond acceptors (Lipinski definition) is 3. The Morgan fingerprint density at radius 2 is 2.07 bits per heavy atom. The molecule has 0 aromatic rings. The molecule has 1 unspecified atom stereocenters. The van der Waals surface area contributed by atoms with Gasteiger partial charge in [-0.1, -0.05) is 0 Å². The van der Waals surface area contributed by atoms with Crippen molar-refractivity contribution in [2.45, 2.75) is 24.9 Å². The molecule has 14 heavy (non-hydrogen) atoms. The van der Waals surface area contributed by atoms with Gasteiger partial charge in [-0.25, -0.2) is 4.90 Å². The Morgan fingerprint density at radius 3 is 2.50 bits per heavy atom. The lowest BCUT2D eigenvalue weighted by Crippen LogP contribution is -2.54. The molecule has 1 atom stereocenters. The number of carbonyl (C=O) groups excluding carboxylic acids is 1. The Bertz CT molecular complexity index is 270. The molecule has 1 fully saturated rings. The van der Waals surface area contributed by atoms with Crippen molar-refractivity contribution < 1.29 is 23.5 Å². The first kappa shape index (κ1) is 10.8. The molecule has 0 radical (unpaired) electrons. The third-order valence-corrected chi connectivity index (χ3v) is 2.20. The highest BCUT2D eigenvalue weighted by molar-refractivity contribution is 5.82. The molecule has 1 heterocycles. The van der Waals surface area contributed by atoms with E-state index < -0.39 is 24.0 Å². The molecule has 0 spiro atoms. The van der Waals surface area contributed by atoms with E-state index >= 15 is 0 Å². The number of primary amides is 1. The maximum atomic E-state index is 13.0. The second-order valence-corrected chi connectivity index (χ2v) is 3.10. The maximum absolute atomic E-state index is 13.0. The second-order valence-electron chi connectivity index (χ2n) is 3.10. The van der Waals surface area contributed by atoms with Crippen LogP contribution >= 0.6 is 0 Å². The lowest BCUT2D eigenvalue weighted by Gasteiger charge is -2.27. The van der Waals surface area contributed by atoms with E-state index in [1.807, 2.05) is 0 Å². The van der Waals surface area contributed by atoms with Gasteiger partial charge in [0.15, 0.2) is 0 Å². The van der Waals surface area contributed by atoms with Crippen LogP contribution in [0.15, 0.2) is 0 Å². The van der Waals surface area contributed by atoms with Gasteiger partial charge in [-0.2, -0.15) is 8.78 Å². The van der Waals surface area contributed by atoms with Gasteiger partial charge in [0.1, 0.15) is 6.04 Å². The van der Waals surface area contributed by atoms with Crippen LogP contribution in [0.4, 0.5) is 8.78 Å². The average Bonchev–Trinajstić information content (AvgIpc) is 2.51. The number of alkyl halides is 2. The molecule has 1 amide bonds. The summed E-state index contributed by atoms with van der Waals surface area (Å²) in [6.07, 6.45) is 0.429. The first-order valence-electron chi connectivity index (χ1n) is 4.04. The Kier molecular flexibility index (Phi) is 2.70. The normalized spacial score (nSPS) is 23.7. The van der Waals surface area contributed by atoms with E-state index in [0.717, 1.165) is 0 Å². The Hall–Kier alpha value is -1.24. The molecular formula is C7H10F2N2O3. The molecule has 0 aliphatic carbocycles. The number of nitrogens with two attached hydrogens (primary N) is 1. The lowest BCUT2D eigenvalue weighted by molar-refractivity contribution is -0.183. The number of rotatable bonds is 3. The van der Waals surface area contributed by atoms with Gasteiger partial charge in [0.2, 0.25) is 0 Å². The van der Waals surface area contributed by atoms with E-state index in [1.54, 1.807) is 0 Å². The van der Waals surface area contributed by atoms with Crippen LogP contribution in [-0.2, 0) is 9.59 Å². The molecule has 1 aliphatic heterocycles. The van der Waals surface area contributed by atoms with Crippen molar-refractivity contribution in [3.8, 4) is 0 Å². The van der Waals surface area contributed by atoms with Crippen molar-refractivity contribution >= 4 is 11.9 Å². The summed E-state index contributed by atoms with van der Waals surface area (Å²) in [6, 6.07) is -5.20. The van der Waals surface area contributed by atoms with Gasteiger partial charge < -0.3 is 10.8 Å². The number of aliphatic carboxylic acids is 1. The molecule has 7 heteroatoms. The molecule has 1 rings (SSSR count). The number of carbonyl (C=O) groups is 2. The standard InChI is InChI=1S/C7H10F2N2O3/c8-7(9,6(10)14)11-3-1-2-4(11)5(12)13/h4H,1-3H2,(H2,10,14)(H,12,13). The van der Waals surface area contributed by atoms with Gasteiger partial charge in [-0.3, -0.25) is 9.59 Å². The molecule has 1 aliphatic rings. The topological polar surface area (TPSA) is 83.6 Å². The van der Waals surface area contributed by atoms with Crippen molar-refractivity contribution in [1.29, 1.82) is 0 Å². The van der Waals surface area contributed by atoms with E-state index in [4.69, 9.17) is 5.11 Å². The summed E-state index contributed by atoms with van der Waals surface area (Å²) < 4.78 is 26.1. The van der Waals surface area contributed by atoms with E-state index in [1.165, 1.54) is 0 Å². The van der Waals surface area contributed by atoms with Crippen molar-refractivity contribution in [2.75, 3.05) is 6.54 Å². The van der Waals surface area contributed by atoms with Crippen LogP contribution < -0.4 is 5.73 Å². The average molecular weight is 208 g/mol. The van der Waals surface area contributed by atoms with Crippen molar-refractivity contribution in [1.82, 2.24) is 4.90 Å². The minimum atomic E-state index is -3.88. The number of carboxylic acid groups (broad SMARTS) is 1. The molecule has 5 nitrogen and oxygen atoms in total. The molecule has 1 saturated heterocycles. The van der Waals surface area contributed by atoms with Crippen molar-refractivity contribution in [3.05, 3.63) is 0 Å². The first-order chi connectivity index (χ1) is 6.37. The first-order valence-corrected chi connectivity index (χ1v) is 4.04. The molecular weight excluding hydrogens is 198 g/mol. The largest absolute Gasteiger partial charge is 0.480 e. The molecule has 80 valence electrons. The van der Waals surface area contributed by atoms with E-state index in [0.29, 0.717) is 11.3 Å². The fraction of sp³-hybridized carbons (Fsp3) is 0.714. The van der Waals surface area contributed by atoms with Crippen LogP contribution in [0.25, 0.3) is 0 Å². The lowest BCUT2D eigenvalue weighted by atomic mass is 10.2. The number of hydrogen-bond donors (Lipinski definition) is 2. The number of nitrogens with zero attached hydrogens (tertiary/aromatic N) is 1. The Morgan fingerprint density at radius 1 is 1.50 bits per heavy atom. The number of amides is 1. The summed E-state index contributed by atoms with van der Waals surface area (Å²) in [4.78, 5) is 21.3. The zero-order valence-electron chi connectivity index (χ0n) is 7.24. The van der Waals surface area contributed by atoms with E-state index in [2.05, 4.69) is 5.73 Å². The number of halogens is 2. The third kappa shape index (κ3) is 1.67. The summed E-state index contributed by atoms with van der Waals surface area (Å²) in [5.41, 5.74) is 4.49. The van der Waals surface area contributed by atoms with Gasteiger partial charge in [0.25, 0.3) is 0 Å². The monoisotopic (exact) mass is 208 g/mol. The predicted molar refractivity (Wildman–Crippen MR) is 41.5 cm³/mol. The number of likely N-dealkylation sites (tertiary alicyclic amines) is 1. The van der Waals surface area contributed by atoms with Crippen LogP contribution in [0.3, 0.4) is 0 Å². The van der Waals surface area contributed by atoms with Crippen LogP contribution in [0.5, 0.6) is 0 Å². The fourth-order valence-electron chi connectivity index (χ4n) is 1.50. The number of carboxylic acids is 1. The predicted octanol–water partition coefficient (Wildman–Crippen LogP) is -0.387. The van der Waals surface area contributed by atoms with Gasteiger partial charge in [-0.15, -0.1) is 0 Å². The van der Waals surface area contributed by atoms with Crippen LogP contribution in [0.1, 0.15) is 12.8 Å². The Balaban J connectivity index is 2.86. The van der Waals surface area contributed by atoms with Crippen molar-refractivity contribution in [3.63, 3.8) is 0 Å². The third-order valence-electron chi connectivity index (χ3n) is 2.20. The molecule has 0 aromatic heterocycles. The zero-order chi connectivity index (χ0) is 10.9. The molecule has 3 N–H and O–H groups in total. The maximum Gasteiger partial charge on any atom is 0.384 e. The summed E-state index contributed by atoms with van der Waals surface area (Å²) in [5, 5.41) is 8.60. The SMILES string of the molecule is NC(=O)C(F)(F)N1CCCC1C(=O)O. The molecule has 0 bridgehead atoms. The highest BCUT2D eigenvalue weighted by Crippen LogP contribution is 2.29. The molecule has 0 saturated carbocycles. The highest BCUT2D eigenvalue weighted by Gasteiger charge is 2.50. The zero-order valence-corrected chi connectivity index (χ0v) is 7.24. The van der Waals surface area contributed by atoms with Gasteiger partial charge in [0, 0.05) is 6.54 Å². The highest BCUT2D eigenvalue weighted by atomic mass is 19.3. The van der Waals surface area contributed by atoms with Crippen LogP contribution in [0, 0.1) is 0 Å². The van der Waals surface area contributed by atoms with Crippen LogP contribution in [-0.4, -0.2) is 40.5 Å². The van der Waals surface area contributed by atoms with Gasteiger partial charge in [0.05, 0.1) is 0 Å². The summed E-state index contributed by atoms with van der Waals surface area (Å²) >= 11 is 0. The Labute approximate surface area is 78.5 Å². The minimum Gasteiger partial charge on any atom is -0.480 e. The quantitative estimate of drug-likeness (QED) is 0.619. The van der Waals surface area contributed by atoms with E-state index in [-0.39, 0.29) is 13.0 Å². The van der Waals surface area contributed by atoms with Gasteiger partial charge >= 0.3 is 17.9 Å². The van der Waals surface area contributed by atoms with Crippen LogP contribution in [0.2, 0.25) is 0 Å². The summed E-state index contributed by atoms with van der Waals surface area (Å²) in [7, 11) is 0. The minimum absolute atomic E-state index is 0.109. The molecule has 0 aromatic carbocycles.